The van der Waals surface area contributed by atoms with Crippen molar-refractivity contribution in [3.63, 3.8) is 0 Å². The number of amides is 4. The molecule has 0 unspecified atom stereocenters. The zero-order chi connectivity index (χ0) is 28.8. The Balaban J connectivity index is 1.24. The maximum absolute atomic E-state index is 13.1. The molecule has 41 heavy (non-hydrogen) atoms. The second-order valence-corrected chi connectivity index (χ2v) is 9.49. The Morgan fingerprint density at radius 3 is 2.27 bits per heavy atom. The molecule has 206 valence electrons. The third-order valence-electron chi connectivity index (χ3n) is 6.23. The molecule has 5 rings (SSSR count). The molecule has 1 aliphatic heterocycles. The number of carbonyl (C=O) groups excluding carboxylic acids is 3. The van der Waals surface area contributed by atoms with E-state index in [1.807, 2.05) is 48.5 Å². The van der Waals surface area contributed by atoms with E-state index < -0.39 is 17.8 Å². The summed E-state index contributed by atoms with van der Waals surface area (Å²) in [7, 11) is 1.59. The number of imide groups is 2. The van der Waals surface area contributed by atoms with Crippen molar-refractivity contribution >= 4 is 41.2 Å². The van der Waals surface area contributed by atoms with Gasteiger partial charge in [-0.25, -0.2) is 9.69 Å². The number of carbonyl (C=O) groups is 3. The fraction of sp³-hybridized carbons (Fsp3) is 0.0938. The first-order valence-electron chi connectivity index (χ1n) is 12.6. The molecule has 1 saturated heterocycles. The molecular formula is C32H25ClN2O6. The van der Waals surface area contributed by atoms with Crippen LogP contribution in [0.2, 0.25) is 5.02 Å². The van der Waals surface area contributed by atoms with Crippen molar-refractivity contribution in [1.82, 2.24) is 5.32 Å². The van der Waals surface area contributed by atoms with Gasteiger partial charge in [-0.3, -0.25) is 14.9 Å². The summed E-state index contributed by atoms with van der Waals surface area (Å²) in [5.74, 6) is 0.306. The number of rotatable bonds is 9. The van der Waals surface area contributed by atoms with Crippen LogP contribution in [0.5, 0.6) is 17.2 Å². The number of nitrogens with zero attached hydrogens (tertiary/aromatic N) is 1. The van der Waals surface area contributed by atoms with Crippen molar-refractivity contribution in [1.29, 1.82) is 0 Å². The maximum atomic E-state index is 13.1. The molecule has 4 amide bonds. The fourth-order valence-electron chi connectivity index (χ4n) is 4.16. The Hall–Kier alpha value is -5.08. The van der Waals surface area contributed by atoms with Crippen LogP contribution in [0.15, 0.2) is 103 Å². The van der Waals surface area contributed by atoms with Crippen molar-refractivity contribution in [3.8, 4) is 17.2 Å². The number of ether oxygens (including phenoxy) is 3. The molecule has 8 nitrogen and oxygen atoms in total. The molecule has 0 aliphatic carbocycles. The summed E-state index contributed by atoms with van der Waals surface area (Å²) in [6.07, 6.45) is 1.42. The van der Waals surface area contributed by atoms with Gasteiger partial charge in [0.2, 0.25) is 0 Å². The van der Waals surface area contributed by atoms with Gasteiger partial charge >= 0.3 is 6.03 Å². The Labute approximate surface area is 241 Å². The smallest absolute Gasteiger partial charge is 0.335 e. The molecule has 4 aromatic rings. The molecule has 1 heterocycles. The highest BCUT2D eigenvalue weighted by atomic mass is 35.5. The maximum Gasteiger partial charge on any atom is 0.335 e. The molecule has 1 aliphatic rings. The van der Waals surface area contributed by atoms with Gasteiger partial charge in [0.05, 0.1) is 12.8 Å². The molecule has 0 radical (unpaired) electrons. The Kier molecular flexibility index (Phi) is 8.31. The van der Waals surface area contributed by atoms with E-state index in [2.05, 4.69) is 5.32 Å². The van der Waals surface area contributed by atoms with Crippen LogP contribution in [0.25, 0.3) is 6.08 Å². The summed E-state index contributed by atoms with van der Waals surface area (Å²) in [5, 5.41) is 2.55. The van der Waals surface area contributed by atoms with Gasteiger partial charge in [-0.1, -0.05) is 66.2 Å². The molecule has 0 spiro atoms. The summed E-state index contributed by atoms with van der Waals surface area (Å²) in [4.78, 5) is 38.8. The van der Waals surface area contributed by atoms with Crippen LogP contribution in [0, 0.1) is 0 Å². The number of benzene rings is 4. The number of nitrogens with one attached hydrogen (secondary N) is 1. The SMILES string of the molecule is COc1cc(COc2ccc(/C=C3\C(=O)NC(=O)N(c4cccc(Cl)c4)C3=O)cc2)ccc1OCc1ccccc1. The molecule has 1 fully saturated rings. The van der Waals surface area contributed by atoms with Crippen LogP contribution < -0.4 is 24.4 Å². The van der Waals surface area contributed by atoms with E-state index in [9.17, 15) is 14.4 Å². The van der Waals surface area contributed by atoms with Crippen LogP contribution in [-0.4, -0.2) is 25.0 Å². The highest BCUT2D eigenvalue weighted by Gasteiger charge is 2.36. The number of barbiturate groups is 1. The summed E-state index contributed by atoms with van der Waals surface area (Å²) in [6.45, 7) is 0.713. The van der Waals surface area contributed by atoms with Crippen LogP contribution in [-0.2, 0) is 22.8 Å². The predicted octanol–water partition coefficient (Wildman–Crippen LogP) is 6.17. The second-order valence-electron chi connectivity index (χ2n) is 9.05. The first kappa shape index (κ1) is 27.5. The number of urea groups is 1. The Bertz CT molecular complexity index is 1620. The van der Waals surface area contributed by atoms with E-state index in [1.54, 1.807) is 49.6 Å². The van der Waals surface area contributed by atoms with Gasteiger partial charge in [-0.15, -0.1) is 0 Å². The van der Waals surface area contributed by atoms with Crippen molar-refractivity contribution in [2.24, 2.45) is 0 Å². The normalized spacial score (nSPS) is 14.1. The van der Waals surface area contributed by atoms with E-state index in [0.717, 1.165) is 16.0 Å². The predicted molar refractivity (Wildman–Crippen MR) is 155 cm³/mol. The van der Waals surface area contributed by atoms with Gasteiger partial charge in [0.1, 0.15) is 24.5 Å². The third-order valence-corrected chi connectivity index (χ3v) is 6.46. The van der Waals surface area contributed by atoms with Crippen LogP contribution in [0.3, 0.4) is 0 Å². The molecule has 1 N–H and O–H groups in total. The van der Waals surface area contributed by atoms with Gasteiger partial charge in [0, 0.05) is 5.02 Å². The molecule has 0 bridgehead atoms. The van der Waals surface area contributed by atoms with E-state index in [4.69, 9.17) is 25.8 Å². The molecule has 0 aromatic heterocycles. The van der Waals surface area contributed by atoms with Gasteiger partial charge in [-0.05, 0) is 65.2 Å². The molecular weight excluding hydrogens is 544 g/mol. The summed E-state index contributed by atoms with van der Waals surface area (Å²) in [5.41, 5.74) is 2.60. The summed E-state index contributed by atoms with van der Waals surface area (Å²) < 4.78 is 17.3. The number of methoxy groups -OCH3 is 1. The average Bonchev–Trinajstić information content (AvgIpc) is 2.98. The standard InChI is InChI=1S/C32H25ClN2O6/c1-39-29-17-23(12-15-28(29)41-19-22-6-3-2-4-7-22)20-40-26-13-10-21(11-14-26)16-27-30(36)34-32(38)35(31(27)37)25-9-5-8-24(33)18-25/h2-18H,19-20H2,1H3,(H,34,36,38)/b27-16+. The first-order valence-corrected chi connectivity index (χ1v) is 13.0. The monoisotopic (exact) mass is 568 g/mol. The number of hydrogen-bond donors (Lipinski definition) is 1. The zero-order valence-corrected chi connectivity index (χ0v) is 22.8. The highest BCUT2D eigenvalue weighted by Crippen LogP contribution is 2.30. The van der Waals surface area contributed by atoms with Gasteiger partial charge in [0.25, 0.3) is 11.8 Å². The lowest BCUT2D eigenvalue weighted by molar-refractivity contribution is -0.122. The Morgan fingerprint density at radius 2 is 1.54 bits per heavy atom. The second kappa shape index (κ2) is 12.4. The molecule has 0 atom stereocenters. The van der Waals surface area contributed by atoms with Gasteiger partial charge in [0.15, 0.2) is 11.5 Å². The molecule has 9 heteroatoms. The van der Waals surface area contributed by atoms with Crippen molar-refractivity contribution in [2.75, 3.05) is 12.0 Å². The quantitative estimate of drug-likeness (QED) is 0.192. The summed E-state index contributed by atoms with van der Waals surface area (Å²) >= 11 is 6.01. The lowest BCUT2D eigenvalue weighted by Gasteiger charge is -2.26. The number of halogens is 1. The van der Waals surface area contributed by atoms with Crippen LogP contribution in [0.1, 0.15) is 16.7 Å². The van der Waals surface area contributed by atoms with E-state index in [-0.39, 0.29) is 17.9 Å². The molecule has 4 aromatic carbocycles. The minimum atomic E-state index is -0.837. The van der Waals surface area contributed by atoms with E-state index in [0.29, 0.717) is 34.4 Å². The third kappa shape index (κ3) is 6.57. The van der Waals surface area contributed by atoms with Crippen molar-refractivity contribution in [3.05, 3.63) is 124 Å². The van der Waals surface area contributed by atoms with E-state index in [1.165, 1.54) is 12.1 Å². The minimum Gasteiger partial charge on any atom is -0.493 e. The highest BCUT2D eigenvalue weighted by molar-refractivity contribution is 6.39. The van der Waals surface area contributed by atoms with Crippen molar-refractivity contribution in [2.45, 2.75) is 13.2 Å². The lowest BCUT2D eigenvalue weighted by atomic mass is 10.1. The topological polar surface area (TPSA) is 94.2 Å². The van der Waals surface area contributed by atoms with Crippen molar-refractivity contribution < 1.29 is 28.6 Å². The van der Waals surface area contributed by atoms with Crippen LogP contribution >= 0.6 is 11.6 Å². The number of anilines is 1. The van der Waals surface area contributed by atoms with Crippen LogP contribution in [0.4, 0.5) is 10.5 Å². The van der Waals surface area contributed by atoms with E-state index >= 15 is 0 Å². The van der Waals surface area contributed by atoms with Gasteiger partial charge in [-0.2, -0.15) is 0 Å². The lowest BCUT2D eigenvalue weighted by Crippen LogP contribution is -2.54. The zero-order valence-electron chi connectivity index (χ0n) is 22.0. The largest absolute Gasteiger partial charge is 0.493 e. The average molecular weight is 569 g/mol. The number of hydrogen-bond acceptors (Lipinski definition) is 6. The summed E-state index contributed by atoms with van der Waals surface area (Å²) in [6, 6.07) is 27.8. The first-order chi connectivity index (χ1) is 19.9. The molecule has 0 saturated carbocycles. The fourth-order valence-corrected chi connectivity index (χ4v) is 4.34. The van der Waals surface area contributed by atoms with Gasteiger partial charge < -0.3 is 14.2 Å². The minimum absolute atomic E-state index is 0.181. The Morgan fingerprint density at radius 1 is 0.780 bits per heavy atom.